The fourth-order valence-electron chi connectivity index (χ4n) is 2.07. The van der Waals surface area contributed by atoms with Crippen LogP contribution in [0.3, 0.4) is 0 Å². The minimum Gasteiger partial charge on any atom is -0.389 e. The molecule has 2 rings (SSSR count). The number of hydrogen-bond donors (Lipinski definition) is 3. The molecule has 0 aromatic carbocycles. The SMILES string of the molecule is CC(C)(O)CNC(=O)C(c1[c]cnn1C(N)=O)C1CCO1. The highest BCUT2D eigenvalue weighted by Gasteiger charge is 2.38. The maximum atomic E-state index is 12.4. The Morgan fingerprint density at radius 2 is 2.38 bits per heavy atom. The van der Waals surface area contributed by atoms with Crippen LogP contribution in [0, 0.1) is 6.07 Å². The average molecular weight is 295 g/mol. The summed E-state index contributed by atoms with van der Waals surface area (Å²) < 4.78 is 6.31. The topological polar surface area (TPSA) is 119 Å². The number of aliphatic hydroxyl groups is 1. The van der Waals surface area contributed by atoms with Crippen LogP contribution >= 0.6 is 0 Å². The van der Waals surface area contributed by atoms with Gasteiger partial charge in [-0.2, -0.15) is 9.78 Å². The van der Waals surface area contributed by atoms with Crippen LogP contribution in [0.25, 0.3) is 0 Å². The lowest BCUT2D eigenvalue weighted by Crippen LogP contribution is -2.47. The van der Waals surface area contributed by atoms with Crippen molar-refractivity contribution in [3.63, 3.8) is 0 Å². The van der Waals surface area contributed by atoms with Crippen LogP contribution in [0.4, 0.5) is 4.79 Å². The van der Waals surface area contributed by atoms with Crippen LogP contribution in [0.1, 0.15) is 31.9 Å². The van der Waals surface area contributed by atoms with Crippen molar-refractivity contribution in [3.05, 3.63) is 18.0 Å². The van der Waals surface area contributed by atoms with Gasteiger partial charge in [0.15, 0.2) is 0 Å². The number of nitrogens with two attached hydrogens (primary N) is 1. The van der Waals surface area contributed by atoms with Gasteiger partial charge in [-0.3, -0.25) is 4.79 Å². The predicted molar refractivity (Wildman–Crippen MR) is 72.4 cm³/mol. The highest BCUT2D eigenvalue weighted by molar-refractivity contribution is 5.85. The average Bonchev–Trinajstić information content (AvgIpc) is 2.78. The van der Waals surface area contributed by atoms with Gasteiger partial charge in [-0.15, -0.1) is 0 Å². The lowest BCUT2D eigenvalue weighted by molar-refractivity contribution is -0.134. The number of primary amides is 1. The summed E-state index contributed by atoms with van der Waals surface area (Å²) in [6.45, 7) is 3.81. The van der Waals surface area contributed by atoms with Crippen molar-refractivity contribution in [1.29, 1.82) is 0 Å². The molecular formula is C13H19N4O4. The zero-order valence-corrected chi connectivity index (χ0v) is 12.0. The highest BCUT2D eigenvalue weighted by Crippen LogP contribution is 2.29. The summed E-state index contributed by atoms with van der Waals surface area (Å²) in [5.74, 6) is -1.10. The Morgan fingerprint density at radius 3 is 2.86 bits per heavy atom. The summed E-state index contributed by atoms with van der Waals surface area (Å²) in [5, 5.41) is 16.1. The van der Waals surface area contributed by atoms with E-state index in [1.807, 2.05) is 0 Å². The summed E-state index contributed by atoms with van der Waals surface area (Å²) >= 11 is 0. The fourth-order valence-corrected chi connectivity index (χ4v) is 2.07. The molecule has 1 aliphatic rings. The van der Waals surface area contributed by atoms with E-state index in [1.165, 1.54) is 6.20 Å². The zero-order chi connectivity index (χ0) is 15.6. The second-order valence-electron chi connectivity index (χ2n) is 5.63. The molecule has 2 atom stereocenters. The molecule has 0 spiro atoms. The molecule has 8 heteroatoms. The molecule has 1 saturated heterocycles. The number of rotatable bonds is 5. The molecule has 8 nitrogen and oxygen atoms in total. The molecule has 2 unspecified atom stereocenters. The van der Waals surface area contributed by atoms with Crippen molar-refractivity contribution in [3.8, 4) is 0 Å². The molecule has 2 amide bonds. The van der Waals surface area contributed by atoms with Crippen LogP contribution < -0.4 is 11.1 Å². The quantitative estimate of drug-likeness (QED) is 0.668. The number of hydrogen-bond acceptors (Lipinski definition) is 5. The molecule has 1 aromatic heterocycles. The largest absolute Gasteiger partial charge is 0.389 e. The predicted octanol–water partition coefficient (Wildman–Crippen LogP) is -0.630. The molecule has 1 radical (unpaired) electrons. The molecule has 1 aliphatic heterocycles. The normalized spacial score (nSPS) is 19.7. The summed E-state index contributed by atoms with van der Waals surface area (Å²) in [5.41, 5.74) is 4.46. The third-order valence-electron chi connectivity index (χ3n) is 3.20. The van der Waals surface area contributed by atoms with Crippen molar-refractivity contribution in [2.24, 2.45) is 5.73 Å². The van der Waals surface area contributed by atoms with Crippen LogP contribution in [0.2, 0.25) is 0 Å². The smallest absolute Gasteiger partial charge is 0.339 e. The summed E-state index contributed by atoms with van der Waals surface area (Å²) in [7, 11) is 0. The molecular weight excluding hydrogens is 276 g/mol. The number of nitrogens with one attached hydrogen (secondary N) is 1. The lowest BCUT2D eigenvalue weighted by Gasteiger charge is -2.33. The van der Waals surface area contributed by atoms with Crippen molar-refractivity contribution < 1.29 is 19.4 Å². The Morgan fingerprint density at radius 1 is 1.71 bits per heavy atom. The maximum Gasteiger partial charge on any atom is 0.339 e. The van der Waals surface area contributed by atoms with Crippen LogP contribution in [-0.4, -0.2) is 51.7 Å². The van der Waals surface area contributed by atoms with Gasteiger partial charge in [0.1, 0.15) is 5.92 Å². The lowest BCUT2D eigenvalue weighted by atomic mass is 9.92. The van der Waals surface area contributed by atoms with Gasteiger partial charge in [-0.05, 0) is 20.3 Å². The van der Waals surface area contributed by atoms with E-state index < -0.39 is 17.6 Å². The number of carbonyl (C=O) groups excluding carboxylic acids is 2. The van der Waals surface area contributed by atoms with E-state index >= 15 is 0 Å². The standard InChI is InChI=1S/C13H19N4O4/c1-13(2,20)7-15-11(18)10(9-4-6-21-9)8-3-5-16-17(8)12(14)19/h5,9-10,20H,4,6-7H2,1-2H3,(H2,14,19)(H,15,18). The summed E-state index contributed by atoms with van der Waals surface area (Å²) in [6, 6.07) is 1.98. The molecule has 0 bridgehead atoms. The van der Waals surface area contributed by atoms with Crippen molar-refractivity contribution in [2.45, 2.75) is 37.9 Å². The van der Waals surface area contributed by atoms with Crippen molar-refractivity contribution in [1.82, 2.24) is 15.1 Å². The Labute approximate surface area is 122 Å². The van der Waals surface area contributed by atoms with Crippen molar-refractivity contribution >= 4 is 11.9 Å². The third-order valence-corrected chi connectivity index (χ3v) is 3.20. The molecule has 4 N–H and O–H groups in total. The fraction of sp³-hybridized carbons (Fsp3) is 0.615. The molecule has 0 aliphatic carbocycles. The van der Waals surface area contributed by atoms with E-state index in [2.05, 4.69) is 16.5 Å². The minimum absolute atomic E-state index is 0.0831. The number of amides is 2. The van der Waals surface area contributed by atoms with Gasteiger partial charge in [-0.25, -0.2) is 4.79 Å². The van der Waals surface area contributed by atoms with Gasteiger partial charge < -0.3 is 20.9 Å². The third kappa shape index (κ3) is 3.59. The van der Waals surface area contributed by atoms with Crippen LogP contribution in [0.15, 0.2) is 6.20 Å². The number of aromatic nitrogens is 2. The Balaban J connectivity index is 2.20. The molecule has 1 fully saturated rings. The minimum atomic E-state index is -1.03. The zero-order valence-electron chi connectivity index (χ0n) is 12.0. The Hall–Kier alpha value is -1.93. The first-order valence-electron chi connectivity index (χ1n) is 6.67. The molecule has 115 valence electrons. The molecule has 0 saturated carbocycles. The van der Waals surface area contributed by atoms with Crippen LogP contribution in [0.5, 0.6) is 0 Å². The first-order valence-corrected chi connectivity index (χ1v) is 6.67. The van der Waals surface area contributed by atoms with E-state index in [9.17, 15) is 14.7 Å². The Kier molecular flexibility index (Phi) is 4.29. The van der Waals surface area contributed by atoms with E-state index in [0.717, 1.165) is 4.68 Å². The van der Waals surface area contributed by atoms with Gasteiger partial charge >= 0.3 is 6.03 Å². The van der Waals surface area contributed by atoms with Gasteiger partial charge in [0, 0.05) is 19.2 Å². The van der Waals surface area contributed by atoms with E-state index in [0.29, 0.717) is 13.0 Å². The van der Waals surface area contributed by atoms with Gasteiger partial charge in [0.2, 0.25) is 5.91 Å². The first kappa shape index (κ1) is 15.5. The maximum absolute atomic E-state index is 12.4. The van der Waals surface area contributed by atoms with Crippen LogP contribution in [-0.2, 0) is 9.53 Å². The van der Waals surface area contributed by atoms with E-state index in [-0.39, 0.29) is 24.2 Å². The van der Waals surface area contributed by atoms with Gasteiger partial charge in [0.25, 0.3) is 0 Å². The number of ether oxygens (including phenoxy) is 1. The van der Waals surface area contributed by atoms with Gasteiger partial charge in [0.05, 0.1) is 23.6 Å². The van der Waals surface area contributed by atoms with Crippen molar-refractivity contribution in [2.75, 3.05) is 13.2 Å². The van der Waals surface area contributed by atoms with E-state index in [1.54, 1.807) is 13.8 Å². The molecule has 1 aromatic rings. The summed E-state index contributed by atoms with van der Waals surface area (Å²) in [4.78, 5) is 23.7. The summed E-state index contributed by atoms with van der Waals surface area (Å²) in [6.07, 6.45) is 1.63. The van der Waals surface area contributed by atoms with Gasteiger partial charge in [-0.1, -0.05) is 0 Å². The van der Waals surface area contributed by atoms with E-state index in [4.69, 9.17) is 10.5 Å². The Bertz CT molecular complexity index is 531. The number of carbonyl (C=O) groups is 2. The second-order valence-corrected chi connectivity index (χ2v) is 5.63. The highest BCUT2D eigenvalue weighted by atomic mass is 16.5. The molecule has 2 heterocycles. The number of nitrogens with zero attached hydrogens (tertiary/aromatic N) is 2. The first-order chi connectivity index (χ1) is 9.79. The molecule has 21 heavy (non-hydrogen) atoms. The second kappa shape index (κ2) is 5.82. The monoisotopic (exact) mass is 295 g/mol.